The summed E-state index contributed by atoms with van der Waals surface area (Å²) in [6, 6.07) is 7.61. The summed E-state index contributed by atoms with van der Waals surface area (Å²) in [4.78, 5) is 11.1. The minimum atomic E-state index is -4.05. The second-order valence-electron chi connectivity index (χ2n) is 7.13. The Hall–Kier alpha value is -2.71. The number of aliphatic carboxylic acids is 1. The number of benzene rings is 2. The Morgan fingerprint density at radius 1 is 1.31 bits per heavy atom. The van der Waals surface area contributed by atoms with Crippen LogP contribution in [0.2, 0.25) is 0 Å². The largest absolute Gasteiger partial charge is 0.481 e. The average Bonchev–Trinajstić information content (AvgIpc) is 3.03. The van der Waals surface area contributed by atoms with E-state index in [2.05, 4.69) is 0 Å². The van der Waals surface area contributed by atoms with Gasteiger partial charge in [-0.2, -0.15) is 4.31 Å². The van der Waals surface area contributed by atoms with Crippen molar-refractivity contribution in [3.05, 3.63) is 65.6 Å². The number of halogens is 1. The van der Waals surface area contributed by atoms with Gasteiger partial charge in [-0.3, -0.25) is 4.79 Å². The lowest BCUT2D eigenvalue weighted by molar-refractivity contribution is -0.136. The van der Waals surface area contributed by atoms with Crippen molar-refractivity contribution in [2.45, 2.75) is 36.7 Å². The number of aromatic nitrogens is 1. The summed E-state index contributed by atoms with van der Waals surface area (Å²) in [5.41, 5.74) is 2.51. The maximum Gasteiger partial charge on any atom is 0.307 e. The Bertz CT molecular complexity index is 1280. The maximum absolute atomic E-state index is 13.6. The molecule has 0 radical (unpaired) electrons. The molecule has 4 rings (SSSR count). The lowest BCUT2D eigenvalue weighted by Gasteiger charge is -2.32. The van der Waals surface area contributed by atoms with Crippen LogP contribution in [0.1, 0.15) is 20.4 Å². The van der Waals surface area contributed by atoms with Gasteiger partial charge in [0.1, 0.15) is 5.82 Å². The van der Waals surface area contributed by atoms with E-state index in [1.165, 1.54) is 11.4 Å². The number of carboxylic acids is 1. The first kappa shape index (κ1) is 17.2. The van der Waals surface area contributed by atoms with Gasteiger partial charge in [0.2, 0.25) is 10.0 Å². The van der Waals surface area contributed by atoms with Crippen LogP contribution in [0.25, 0.3) is 10.9 Å². The molecule has 1 N–H and O–H groups in total. The van der Waals surface area contributed by atoms with Crippen LogP contribution in [0.15, 0.2) is 53.4 Å². The Labute approximate surface area is 171 Å². The Kier molecular flexibility index (Phi) is 4.31. The minimum absolute atomic E-state index is 0.101. The fraction of sp³-hybridized carbons (Fsp3) is 0.286. The number of carbonyl (C=O) groups is 1. The van der Waals surface area contributed by atoms with Gasteiger partial charge in [-0.05, 0) is 48.7 Å². The molecule has 3 aromatic rings. The van der Waals surface area contributed by atoms with Crippen LogP contribution in [0.5, 0.6) is 0 Å². The van der Waals surface area contributed by atoms with Gasteiger partial charge in [0.15, 0.2) is 0 Å². The highest BCUT2D eigenvalue weighted by Crippen LogP contribution is 2.33. The van der Waals surface area contributed by atoms with E-state index in [1.54, 1.807) is 0 Å². The fourth-order valence-corrected chi connectivity index (χ4v) is 5.35. The Balaban J connectivity index is 1.71. The molecule has 0 saturated heterocycles. The van der Waals surface area contributed by atoms with Crippen molar-refractivity contribution in [3.8, 4) is 0 Å². The highest BCUT2D eigenvalue weighted by Gasteiger charge is 2.33. The smallest absolute Gasteiger partial charge is 0.307 e. The van der Waals surface area contributed by atoms with Crippen LogP contribution in [-0.2, 0) is 34.2 Å². The normalized spacial score (nSPS) is 17.8. The van der Waals surface area contributed by atoms with E-state index >= 15 is 0 Å². The number of sulfonamides is 1. The second kappa shape index (κ2) is 7.27. The molecular weight excluding hydrogens is 395 g/mol. The first-order chi connectivity index (χ1) is 14.6. The maximum atomic E-state index is 13.6. The average molecular weight is 420 g/mol. The molecule has 29 heavy (non-hydrogen) atoms. The number of fused-ring (bicyclic) bond motifs is 3. The van der Waals surface area contributed by atoms with Gasteiger partial charge in [0.05, 0.1) is 14.1 Å². The summed E-state index contributed by atoms with van der Waals surface area (Å²) in [5, 5.41) is 10.2. The first-order valence-corrected chi connectivity index (χ1v) is 10.6. The molecule has 8 heteroatoms. The minimum Gasteiger partial charge on any atom is -0.481 e. The summed E-state index contributed by atoms with van der Waals surface area (Å²) < 4.78 is 58.2. The van der Waals surface area contributed by atoms with E-state index in [1.807, 2.05) is 28.8 Å². The number of carboxylic acid groups (broad SMARTS) is 1. The van der Waals surface area contributed by atoms with Gasteiger partial charge < -0.3 is 9.67 Å². The molecule has 0 saturated carbocycles. The van der Waals surface area contributed by atoms with Gasteiger partial charge in [-0.25, -0.2) is 12.8 Å². The summed E-state index contributed by atoms with van der Waals surface area (Å²) in [6.07, 6.45) is 0.899. The zero-order valence-corrected chi connectivity index (χ0v) is 16.5. The number of hydrogen-bond acceptors (Lipinski definition) is 3. The molecule has 1 aromatic heterocycles. The third kappa shape index (κ3) is 3.42. The molecule has 1 atom stereocenters. The summed E-state index contributed by atoms with van der Waals surface area (Å²) in [6.45, 7) is 0.341. The predicted molar refractivity (Wildman–Crippen MR) is 107 cm³/mol. The molecule has 0 bridgehead atoms. The molecule has 1 aliphatic heterocycles. The molecule has 152 valence electrons. The lowest BCUT2D eigenvalue weighted by atomic mass is 10.0. The predicted octanol–water partition coefficient (Wildman–Crippen LogP) is 3.04. The standard InChI is InChI=1S/C21H21FN2O4S/c1-23(29(27,28)16-9-6-14(22)7-10-16)15-8-11-20-18(12-21(25)26)17-4-2-3-5-19(17)24(20)13-15/h2-7,9-10,15H,8,11-13H2,1H3,(H,25,26)/t15-/m1/s1/i6T,7T. The van der Waals surface area contributed by atoms with E-state index in [4.69, 9.17) is 2.74 Å². The number of hydrogen-bond donors (Lipinski definition) is 1. The van der Waals surface area contributed by atoms with Crippen molar-refractivity contribution in [2.24, 2.45) is 0 Å². The summed E-state index contributed by atoms with van der Waals surface area (Å²) >= 11 is 0. The molecule has 2 aromatic carbocycles. The second-order valence-corrected chi connectivity index (χ2v) is 9.13. The van der Waals surface area contributed by atoms with Gasteiger partial charge in [0, 0.05) is 36.2 Å². The third-order valence-electron chi connectivity index (χ3n) is 5.50. The SMILES string of the molecule is [3H]c1cc(S(=O)(=O)N(C)[C@@H]2CCc3c(CC(=O)O)c4ccccc4n3C2)cc([3H])c1F. The third-order valence-corrected chi connectivity index (χ3v) is 7.39. The highest BCUT2D eigenvalue weighted by atomic mass is 32.2. The Morgan fingerprint density at radius 3 is 2.69 bits per heavy atom. The van der Waals surface area contributed by atoms with Gasteiger partial charge >= 0.3 is 5.97 Å². The van der Waals surface area contributed by atoms with E-state index in [0.29, 0.717) is 19.4 Å². The fourth-order valence-electron chi connectivity index (χ4n) is 4.04. The molecule has 0 aliphatic carbocycles. The van der Waals surface area contributed by atoms with Crippen molar-refractivity contribution in [1.29, 1.82) is 0 Å². The van der Waals surface area contributed by atoms with Crippen molar-refractivity contribution in [3.63, 3.8) is 0 Å². The molecule has 0 fully saturated rings. The van der Waals surface area contributed by atoms with Gasteiger partial charge in [-0.1, -0.05) is 18.2 Å². The highest BCUT2D eigenvalue weighted by molar-refractivity contribution is 7.89. The summed E-state index contributed by atoms with van der Waals surface area (Å²) in [7, 11) is -2.61. The molecule has 2 heterocycles. The van der Waals surface area contributed by atoms with E-state index in [0.717, 1.165) is 34.3 Å². The van der Waals surface area contributed by atoms with Crippen LogP contribution in [0.3, 0.4) is 0 Å². The molecule has 0 spiro atoms. The molecule has 1 aliphatic rings. The zero-order valence-electron chi connectivity index (χ0n) is 17.7. The number of nitrogens with zero attached hydrogens (tertiary/aromatic N) is 2. The molecule has 0 amide bonds. The van der Waals surface area contributed by atoms with Gasteiger partial charge in [-0.15, -0.1) is 0 Å². The van der Waals surface area contributed by atoms with E-state index in [-0.39, 0.29) is 11.3 Å². The van der Waals surface area contributed by atoms with Crippen LogP contribution >= 0.6 is 0 Å². The van der Waals surface area contributed by atoms with E-state index in [9.17, 15) is 22.7 Å². The van der Waals surface area contributed by atoms with Gasteiger partial charge in [0.25, 0.3) is 0 Å². The van der Waals surface area contributed by atoms with Crippen LogP contribution in [0, 0.1) is 5.82 Å². The quantitative estimate of drug-likeness (QED) is 0.688. The molecule has 6 nitrogen and oxygen atoms in total. The van der Waals surface area contributed by atoms with Crippen molar-refractivity contribution < 1.29 is 25.5 Å². The molecular formula is C21H21FN2O4S. The van der Waals surface area contributed by atoms with Crippen molar-refractivity contribution >= 4 is 26.9 Å². The van der Waals surface area contributed by atoms with Crippen LogP contribution in [-0.4, -0.2) is 41.5 Å². The monoisotopic (exact) mass is 420 g/mol. The number of rotatable bonds is 5. The molecule has 0 unspecified atom stereocenters. The zero-order chi connectivity index (χ0) is 22.5. The Morgan fingerprint density at radius 2 is 2.00 bits per heavy atom. The van der Waals surface area contributed by atoms with E-state index < -0.39 is 39.9 Å². The topological polar surface area (TPSA) is 79.6 Å². The number of likely N-dealkylation sites (N-methyl/N-ethyl adjacent to an activating group) is 1. The first-order valence-electron chi connectivity index (χ1n) is 10.2. The van der Waals surface area contributed by atoms with Crippen molar-refractivity contribution in [1.82, 2.24) is 8.87 Å². The summed E-state index contributed by atoms with van der Waals surface area (Å²) in [5.74, 6) is -1.98. The van der Waals surface area contributed by atoms with Crippen LogP contribution < -0.4 is 0 Å². The van der Waals surface area contributed by atoms with Crippen LogP contribution in [0.4, 0.5) is 4.39 Å². The number of para-hydroxylation sites is 1. The lowest BCUT2D eigenvalue weighted by Crippen LogP contribution is -2.42. The van der Waals surface area contributed by atoms with Crippen molar-refractivity contribution in [2.75, 3.05) is 7.05 Å².